The molecule has 0 aromatic heterocycles. The largest absolute Gasteiger partial charge is 0.497 e. The number of hydrogen-bond acceptors (Lipinski definition) is 2. The van der Waals surface area contributed by atoms with Gasteiger partial charge < -0.3 is 4.74 Å². The zero-order valence-electron chi connectivity index (χ0n) is 12.5. The van der Waals surface area contributed by atoms with Crippen LogP contribution in [0.2, 0.25) is 0 Å². The summed E-state index contributed by atoms with van der Waals surface area (Å²) in [6.45, 7) is 5.74. The normalized spacial score (nSPS) is 14.2. The second-order valence-corrected chi connectivity index (χ2v) is 7.71. The molecule has 0 aliphatic rings. The molecule has 0 saturated carbocycles. The van der Waals surface area contributed by atoms with E-state index in [1.54, 1.807) is 7.11 Å². The lowest BCUT2D eigenvalue weighted by Crippen LogP contribution is -2.21. The molecular weight excluding hydrogens is 294 g/mol. The minimum atomic E-state index is -1.28. The Balaban J connectivity index is 3.11. The van der Waals surface area contributed by atoms with Crippen molar-refractivity contribution in [3.05, 3.63) is 29.8 Å². The number of hydrogen-bond donors (Lipinski definition) is 0. The van der Waals surface area contributed by atoms with Gasteiger partial charge in [-0.2, -0.15) is 4.40 Å². The number of alkyl halides is 1. The number of methoxy groups -OCH3 is 1. The molecule has 0 aliphatic carbocycles. The minimum Gasteiger partial charge on any atom is -0.497 e. The van der Waals surface area contributed by atoms with E-state index in [1.165, 1.54) is 0 Å². The first-order valence-corrected chi connectivity index (χ1v) is 8.22. The third-order valence-electron chi connectivity index (χ3n) is 2.67. The molecule has 0 aliphatic heterocycles. The van der Waals surface area contributed by atoms with Crippen molar-refractivity contribution in [1.82, 2.24) is 0 Å². The molecule has 0 bridgehead atoms. The van der Waals surface area contributed by atoms with E-state index in [1.807, 2.05) is 45.0 Å². The van der Waals surface area contributed by atoms with Crippen molar-refractivity contribution in [3.8, 4) is 5.75 Å². The Hall–Kier alpha value is -0.870. The zero-order chi connectivity index (χ0) is 15.2. The van der Waals surface area contributed by atoms with Crippen molar-refractivity contribution in [2.75, 3.05) is 13.0 Å². The first kappa shape index (κ1) is 17.2. The van der Waals surface area contributed by atoms with Gasteiger partial charge in [0, 0.05) is 11.4 Å². The molecule has 112 valence electrons. The summed E-state index contributed by atoms with van der Waals surface area (Å²) in [5.74, 6) is 1.33. The summed E-state index contributed by atoms with van der Waals surface area (Å²) in [6.07, 6.45) is 1.51. The van der Waals surface area contributed by atoms with E-state index >= 15 is 0 Å². The predicted octanol–water partition coefficient (Wildman–Crippen LogP) is 3.97. The van der Waals surface area contributed by atoms with Crippen LogP contribution in [0.15, 0.2) is 28.7 Å². The quantitative estimate of drug-likeness (QED) is 0.588. The van der Waals surface area contributed by atoms with Gasteiger partial charge in [-0.1, -0.05) is 12.1 Å². The monoisotopic (exact) mass is 315 g/mol. The molecule has 20 heavy (non-hydrogen) atoms. The van der Waals surface area contributed by atoms with E-state index in [0.717, 1.165) is 23.4 Å². The Bertz CT molecular complexity index is 495. The van der Waals surface area contributed by atoms with Gasteiger partial charge in [-0.3, -0.25) is 0 Å². The van der Waals surface area contributed by atoms with Gasteiger partial charge in [0.1, 0.15) is 16.7 Å². The maximum absolute atomic E-state index is 12.2. The van der Waals surface area contributed by atoms with E-state index in [0.29, 0.717) is 12.3 Å². The SMILES string of the molecule is COc1cccc(/C(CCCCl)=N/[S@@](=O)C(C)(C)C)c1. The molecule has 0 spiro atoms. The smallest absolute Gasteiger partial charge is 0.145 e. The molecule has 0 fully saturated rings. The van der Waals surface area contributed by atoms with Gasteiger partial charge >= 0.3 is 0 Å². The molecule has 0 saturated heterocycles. The Labute approximate surface area is 129 Å². The van der Waals surface area contributed by atoms with E-state index in [9.17, 15) is 4.21 Å². The van der Waals surface area contributed by atoms with Crippen LogP contribution in [0.3, 0.4) is 0 Å². The summed E-state index contributed by atoms with van der Waals surface area (Å²) < 4.78 is 21.5. The fourth-order valence-electron chi connectivity index (χ4n) is 1.52. The van der Waals surface area contributed by atoms with Gasteiger partial charge in [0.15, 0.2) is 0 Å². The fourth-order valence-corrected chi connectivity index (χ4v) is 2.32. The van der Waals surface area contributed by atoms with Crippen molar-refractivity contribution in [1.29, 1.82) is 0 Å². The summed E-state index contributed by atoms with van der Waals surface area (Å²) in [5, 5.41) is 0. The lowest BCUT2D eigenvalue weighted by molar-refractivity contribution is 0.414. The Morgan fingerprint density at radius 3 is 2.65 bits per heavy atom. The number of ether oxygens (including phenoxy) is 1. The number of rotatable bonds is 6. The number of nitrogens with zero attached hydrogens (tertiary/aromatic N) is 1. The van der Waals surface area contributed by atoms with Crippen LogP contribution in [0.1, 0.15) is 39.2 Å². The average molecular weight is 316 g/mol. The van der Waals surface area contributed by atoms with Crippen LogP contribution in [0.25, 0.3) is 0 Å². The van der Waals surface area contributed by atoms with Gasteiger partial charge in [0.25, 0.3) is 0 Å². The highest BCUT2D eigenvalue weighted by molar-refractivity contribution is 7.85. The highest BCUT2D eigenvalue weighted by Crippen LogP contribution is 2.19. The molecule has 5 heteroatoms. The third kappa shape index (κ3) is 5.25. The predicted molar refractivity (Wildman–Crippen MR) is 87.4 cm³/mol. The molecule has 0 unspecified atom stereocenters. The second-order valence-electron chi connectivity index (χ2n) is 5.42. The molecule has 0 heterocycles. The van der Waals surface area contributed by atoms with Crippen LogP contribution in [0.4, 0.5) is 0 Å². The minimum absolute atomic E-state index is 0.370. The molecule has 0 N–H and O–H groups in total. The second kappa shape index (κ2) is 7.79. The summed E-state index contributed by atoms with van der Waals surface area (Å²) in [6, 6.07) is 7.65. The van der Waals surface area contributed by atoms with Crippen LogP contribution in [-0.4, -0.2) is 27.7 Å². The number of benzene rings is 1. The van der Waals surface area contributed by atoms with Crippen LogP contribution in [-0.2, 0) is 11.0 Å². The van der Waals surface area contributed by atoms with Crippen LogP contribution >= 0.6 is 11.6 Å². The van der Waals surface area contributed by atoms with Crippen molar-refractivity contribution in [2.45, 2.75) is 38.4 Å². The Kier molecular flexibility index (Phi) is 6.69. The first-order valence-electron chi connectivity index (χ1n) is 6.58. The van der Waals surface area contributed by atoms with E-state index in [-0.39, 0.29) is 4.75 Å². The molecule has 3 nitrogen and oxygen atoms in total. The summed E-state index contributed by atoms with van der Waals surface area (Å²) in [4.78, 5) is 0. The van der Waals surface area contributed by atoms with Crippen molar-refractivity contribution in [2.24, 2.45) is 4.40 Å². The lowest BCUT2D eigenvalue weighted by Gasteiger charge is -2.15. The zero-order valence-corrected chi connectivity index (χ0v) is 14.1. The van der Waals surface area contributed by atoms with Crippen LogP contribution < -0.4 is 4.74 Å². The summed E-state index contributed by atoms with van der Waals surface area (Å²) in [5.41, 5.74) is 1.75. The number of halogens is 1. The van der Waals surface area contributed by atoms with Crippen LogP contribution in [0.5, 0.6) is 5.75 Å². The highest BCUT2D eigenvalue weighted by Gasteiger charge is 2.20. The molecule has 1 aromatic carbocycles. The van der Waals surface area contributed by atoms with Crippen molar-refractivity contribution in [3.63, 3.8) is 0 Å². The van der Waals surface area contributed by atoms with Gasteiger partial charge in [-0.25, -0.2) is 4.21 Å². The average Bonchev–Trinajstić information content (AvgIpc) is 2.42. The highest BCUT2D eigenvalue weighted by atomic mass is 35.5. The topological polar surface area (TPSA) is 38.7 Å². The molecule has 0 radical (unpaired) electrons. The molecule has 1 rings (SSSR count). The maximum Gasteiger partial charge on any atom is 0.145 e. The van der Waals surface area contributed by atoms with Gasteiger partial charge in [0.2, 0.25) is 0 Å². The Morgan fingerprint density at radius 1 is 1.40 bits per heavy atom. The van der Waals surface area contributed by atoms with Crippen molar-refractivity contribution < 1.29 is 8.95 Å². The maximum atomic E-state index is 12.2. The van der Waals surface area contributed by atoms with E-state index in [4.69, 9.17) is 16.3 Å². The standard InChI is InChI=1S/C15H22ClNO2S/c1-15(2,3)20(18)17-14(9-6-10-16)12-7-5-8-13(11-12)19-4/h5,7-8,11H,6,9-10H2,1-4H3/b17-14+/t20-/m0/s1. The molecule has 0 amide bonds. The molecular formula is C15H22ClNO2S. The van der Waals surface area contributed by atoms with Crippen molar-refractivity contribution >= 4 is 28.3 Å². The lowest BCUT2D eigenvalue weighted by atomic mass is 10.1. The van der Waals surface area contributed by atoms with Gasteiger partial charge in [-0.05, 0) is 45.7 Å². The van der Waals surface area contributed by atoms with E-state index in [2.05, 4.69) is 4.40 Å². The summed E-state index contributed by atoms with van der Waals surface area (Å²) in [7, 11) is 0.351. The van der Waals surface area contributed by atoms with Gasteiger partial charge in [-0.15, -0.1) is 11.6 Å². The van der Waals surface area contributed by atoms with E-state index < -0.39 is 11.0 Å². The Morgan fingerprint density at radius 2 is 2.10 bits per heavy atom. The first-order chi connectivity index (χ1) is 9.38. The van der Waals surface area contributed by atoms with Gasteiger partial charge in [0.05, 0.1) is 17.6 Å². The summed E-state index contributed by atoms with van der Waals surface area (Å²) >= 11 is 5.76. The molecule has 1 atom stereocenters. The third-order valence-corrected chi connectivity index (χ3v) is 4.37. The van der Waals surface area contributed by atoms with Crippen LogP contribution in [0, 0.1) is 0 Å². The molecule has 1 aromatic rings. The fraction of sp³-hybridized carbons (Fsp3) is 0.533.